The SMILES string of the molecule is COc1cc(OCC2=C(c3ccc(Cl)cc3)CCC2)ccc1CCC(C)=O. The van der Waals surface area contributed by atoms with E-state index in [4.69, 9.17) is 21.1 Å². The Kier molecular flexibility index (Phi) is 6.57. The summed E-state index contributed by atoms with van der Waals surface area (Å²) in [5.41, 5.74) is 4.98. The average molecular weight is 385 g/mol. The lowest BCUT2D eigenvalue weighted by Crippen LogP contribution is -2.03. The molecule has 27 heavy (non-hydrogen) atoms. The van der Waals surface area contributed by atoms with E-state index in [1.165, 1.54) is 16.7 Å². The summed E-state index contributed by atoms with van der Waals surface area (Å²) in [7, 11) is 1.65. The van der Waals surface area contributed by atoms with Crippen molar-refractivity contribution in [3.63, 3.8) is 0 Å². The number of methoxy groups -OCH3 is 1. The van der Waals surface area contributed by atoms with Crippen LogP contribution in [0.5, 0.6) is 11.5 Å². The summed E-state index contributed by atoms with van der Waals surface area (Å²) in [5, 5.41) is 0.757. The number of carbonyl (C=O) groups excluding carboxylic acids is 1. The third kappa shape index (κ3) is 5.14. The van der Waals surface area contributed by atoms with Gasteiger partial charge in [0.05, 0.1) is 7.11 Å². The molecule has 0 radical (unpaired) electrons. The van der Waals surface area contributed by atoms with E-state index < -0.39 is 0 Å². The Morgan fingerprint density at radius 1 is 1.11 bits per heavy atom. The molecule has 3 rings (SSSR count). The number of ketones is 1. The van der Waals surface area contributed by atoms with Gasteiger partial charge in [0.1, 0.15) is 23.9 Å². The van der Waals surface area contributed by atoms with Crippen LogP contribution in [0.2, 0.25) is 5.02 Å². The zero-order valence-electron chi connectivity index (χ0n) is 15.9. The number of allylic oxidation sites excluding steroid dienone is 1. The Labute approximate surface area is 165 Å². The lowest BCUT2D eigenvalue weighted by molar-refractivity contribution is -0.116. The number of aryl methyl sites for hydroxylation is 1. The topological polar surface area (TPSA) is 35.5 Å². The number of ether oxygens (including phenoxy) is 2. The van der Waals surface area contributed by atoms with Gasteiger partial charge in [-0.25, -0.2) is 0 Å². The number of rotatable bonds is 8. The van der Waals surface area contributed by atoms with Gasteiger partial charge in [-0.05, 0) is 73.1 Å². The van der Waals surface area contributed by atoms with Gasteiger partial charge in [-0.1, -0.05) is 29.8 Å². The Morgan fingerprint density at radius 2 is 1.89 bits per heavy atom. The normalized spacial score (nSPS) is 13.7. The number of Topliss-reactive ketones (excluding diaryl/α,β-unsaturated/α-hetero) is 1. The number of hydrogen-bond donors (Lipinski definition) is 0. The number of halogens is 1. The van der Waals surface area contributed by atoms with Crippen LogP contribution in [0.3, 0.4) is 0 Å². The maximum absolute atomic E-state index is 11.2. The average Bonchev–Trinajstić information content (AvgIpc) is 3.14. The molecule has 0 saturated heterocycles. The van der Waals surface area contributed by atoms with Crippen molar-refractivity contribution in [1.29, 1.82) is 0 Å². The highest BCUT2D eigenvalue weighted by Gasteiger charge is 2.17. The van der Waals surface area contributed by atoms with Gasteiger partial charge in [-0.3, -0.25) is 0 Å². The fourth-order valence-corrected chi connectivity index (χ4v) is 3.59. The van der Waals surface area contributed by atoms with Gasteiger partial charge in [0.25, 0.3) is 0 Å². The van der Waals surface area contributed by atoms with Crippen LogP contribution in [0.25, 0.3) is 5.57 Å². The van der Waals surface area contributed by atoms with Crippen molar-refractivity contribution in [3.05, 3.63) is 64.2 Å². The highest BCUT2D eigenvalue weighted by molar-refractivity contribution is 6.30. The molecule has 0 heterocycles. The number of carbonyl (C=O) groups is 1. The lowest BCUT2D eigenvalue weighted by atomic mass is 10.0. The molecule has 1 aliphatic rings. The van der Waals surface area contributed by atoms with Crippen molar-refractivity contribution >= 4 is 23.0 Å². The molecule has 0 aromatic heterocycles. The first kappa shape index (κ1) is 19.5. The van der Waals surface area contributed by atoms with E-state index >= 15 is 0 Å². The molecule has 142 valence electrons. The van der Waals surface area contributed by atoms with Crippen LogP contribution in [-0.2, 0) is 11.2 Å². The van der Waals surface area contributed by atoms with Gasteiger partial charge >= 0.3 is 0 Å². The summed E-state index contributed by atoms with van der Waals surface area (Å²) in [6, 6.07) is 13.9. The highest BCUT2D eigenvalue weighted by atomic mass is 35.5. The molecular weight excluding hydrogens is 360 g/mol. The molecule has 2 aromatic rings. The summed E-state index contributed by atoms with van der Waals surface area (Å²) in [6.45, 7) is 2.19. The standard InChI is InChI=1S/C23H25ClO3/c1-16(25)6-7-18-10-13-21(14-23(18)26-2)27-15-19-4-3-5-22(19)17-8-11-20(24)12-9-17/h8-14H,3-7,15H2,1-2H3. The second-order valence-corrected chi connectivity index (χ2v) is 7.34. The maximum atomic E-state index is 11.2. The van der Waals surface area contributed by atoms with E-state index in [-0.39, 0.29) is 5.78 Å². The smallest absolute Gasteiger partial charge is 0.130 e. The first-order valence-corrected chi connectivity index (χ1v) is 9.70. The van der Waals surface area contributed by atoms with Crippen LogP contribution in [0, 0.1) is 0 Å². The number of hydrogen-bond acceptors (Lipinski definition) is 3. The minimum Gasteiger partial charge on any atom is -0.496 e. The van der Waals surface area contributed by atoms with Crippen LogP contribution >= 0.6 is 11.6 Å². The van der Waals surface area contributed by atoms with Crippen LogP contribution in [0.1, 0.15) is 43.7 Å². The summed E-state index contributed by atoms with van der Waals surface area (Å²) < 4.78 is 11.5. The van der Waals surface area contributed by atoms with Gasteiger partial charge in [-0.2, -0.15) is 0 Å². The zero-order chi connectivity index (χ0) is 19.2. The van der Waals surface area contributed by atoms with Crippen LogP contribution in [0.4, 0.5) is 0 Å². The van der Waals surface area contributed by atoms with E-state index in [0.717, 1.165) is 41.3 Å². The molecule has 0 aliphatic heterocycles. The van der Waals surface area contributed by atoms with Crippen molar-refractivity contribution in [3.8, 4) is 11.5 Å². The molecule has 4 heteroatoms. The first-order valence-electron chi connectivity index (χ1n) is 9.33. The third-order valence-corrected chi connectivity index (χ3v) is 5.19. The predicted molar refractivity (Wildman–Crippen MR) is 110 cm³/mol. The summed E-state index contributed by atoms with van der Waals surface area (Å²) in [5.74, 6) is 1.74. The molecule has 3 nitrogen and oxygen atoms in total. The molecule has 0 amide bonds. The van der Waals surface area contributed by atoms with Gasteiger partial charge in [-0.15, -0.1) is 0 Å². The van der Waals surface area contributed by atoms with E-state index in [1.54, 1.807) is 14.0 Å². The molecule has 0 atom stereocenters. The fourth-order valence-electron chi connectivity index (χ4n) is 3.47. The molecule has 0 spiro atoms. The van der Waals surface area contributed by atoms with Crippen LogP contribution in [0.15, 0.2) is 48.0 Å². The fraction of sp³-hybridized carbons (Fsp3) is 0.348. The Hall–Kier alpha value is -2.26. The van der Waals surface area contributed by atoms with Gasteiger partial charge < -0.3 is 14.3 Å². The quantitative estimate of drug-likeness (QED) is 0.569. The molecule has 0 unspecified atom stereocenters. The van der Waals surface area contributed by atoms with Crippen molar-refractivity contribution in [2.75, 3.05) is 13.7 Å². The van der Waals surface area contributed by atoms with Crippen molar-refractivity contribution in [1.82, 2.24) is 0 Å². The maximum Gasteiger partial charge on any atom is 0.130 e. The van der Waals surface area contributed by atoms with Crippen LogP contribution in [-0.4, -0.2) is 19.5 Å². The Balaban J connectivity index is 1.70. The van der Waals surface area contributed by atoms with Crippen molar-refractivity contribution < 1.29 is 14.3 Å². The van der Waals surface area contributed by atoms with E-state index in [9.17, 15) is 4.79 Å². The van der Waals surface area contributed by atoms with E-state index in [1.807, 2.05) is 30.3 Å². The molecule has 0 N–H and O–H groups in total. The van der Waals surface area contributed by atoms with Gasteiger partial charge in [0, 0.05) is 17.5 Å². The minimum atomic E-state index is 0.181. The minimum absolute atomic E-state index is 0.181. The van der Waals surface area contributed by atoms with Gasteiger partial charge in [0.15, 0.2) is 0 Å². The van der Waals surface area contributed by atoms with Gasteiger partial charge in [0.2, 0.25) is 0 Å². The van der Waals surface area contributed by atoms with Crippen molar-refractivity contribution in [2.24, 2.45) is 0 Å². The number of benzene rings is 2. The Morgan fingerprint density at radius 3 is 2.59 bits per heavy atom. The first-order chi connectivity index (χ1) is 13.1. The van der Waals surface area contributed by atoms with Crippen LogP contribution < -0.4 is 9.47 Å². The molecule has 2 aromatic carbocycles. The lowest BCUT2D eigenvalue weighted by Gasteiger charge is -2.13. The largest absolute Gasteiger partial charge is 0.496 e. The van der Waals surface area contributed by atoms with Crippen molar-refractivity contribution in [2.45, 2.75) is 39.0 Å². The molecule has 0 fully saturated rings. The van der Waals surface area contributed by atoms with E-state index in [0.29, 0.717) is 19.4 Å². The second kappa shape index (κ2) is 9.09. The van der Waals surface area contributed by atoms with E-state index in [2.05, 4.69) is 12.1 Å². The second-order valence-electron chi connectivity index (χ2n) is 6.91. The molecule has 1 aliphatic carbocycles. The molecule has 0 bridgehead atoms. The zero-order valence-corrected chi connectivity index (χ0v) is 16.6. The highest BCUT2D eigenvalue weighted by Crippen LogP contribution is 2.35. The summed E-state index contributed by atoms with van der Waals surface area (Å²) in [4.78, 5) is 11.2. The molecular formula is C23H25ClO3. The third-order valence-electron chi connectivity index (χ3n) is 4.94. The summed E-state index contributed by atoms with van der Waals surface area (Å²) in [6.07, 6.45) is 4.50. The predicted octanol–water partition coefficient (Wildman–Crippen LogP) is 5.89. The summed E-state index contributed by atoms with van der Waals surface area (Å²) >= 11 is 6.01. The molecule has 0 saturated carbocycles. The monoisotopic (exact) mass is 384 g/mol. The Bertz CT molecular complexity index is 837.